The number of aryl methyl sites for hydroxylation is 1. The van der Waals surface area contributed by atoms with Gasteiger partial charge in [-0.1, -0.05) is 12.1 Å². The highest BCUT2D eigenvalue weighted by Gasteiger charge is 2.30. The molecule has 0 saturated carbocycles. The molecule has 0 aliphatic rings. The minimum absolute atomic E-state index is 0.115. The highest BCUT2D eigenvalue weighted by Crippen LogP contribution is 2.29. The number of nitrogens with zero attached hydrogens (tertiary/aromatic N) is 2. The van der Waals surface area contributed by atoms with Crippen LogP contribution in [0.15, 0.2) is 52.5 Å². The smallest absolute Gasteiger partial charge is 0.318 e. The summed E-state index contributed by atoms with van der Waals surface area (Å²) in [6.45, 7) is 0. The summed E-state index contributed by atoms with van der Waals surface area (Å²) in [4.78, 5) is 23.5. The quantitative estimate of drug-likeness (QED) is 0.695. The van der Waals surface area contributed by atoms with E-state index in [0.717, 1.165) is 18.3 Å². The van der Waals surface area contributed by atoms with Crippen molar-refractivity contribution >= 4 is 12.1 Å². The molecule has 1 aromatic heterocycles. The number of carbonyl (C=O) groups excluding carboxylic acids is 1. The van der Waals surface area contributed by atoms with E-state index in [1.807, 2.05) is 0 Å². The fraction of sp³-hybridized carbons (Fsp3) is 0.133. The Morgan fingerprint density at radius 3 is 2.70 bits per heavy atom. The van der Waals surface area contributed by atoms with E-state index in [1.54, 1.807) is 0 Å². The van der Waals surface area contributed by atoms with E-state index >= 15 is 0 Å². The van der Waals surface area contributed by atoms with Gasteiger partial charge in [0.15, 0.2) is 0 Å². The summed E-state index contributed by atoms with van der Waals surface area (Å²) in [5, 5.41) is 3.57. The molecule has 0 aliphatic heterocycles. The molecule has 0 fully saturated rings. The summed E-state index contributed by atoms with van der Waals surface area (Å²) < 4.78 is 38.9. The van der Waals surface area contributed by atoms with Gasteiger partial charge in [-0.15, -0.1) is 0 Å². The lowest BCUT2D eigenvalue weighted by Gasteiger charge is -2.06. The SMILES string of the molecule is Cn1cccc(C(=O)N/N=C\c2cccc(C(F)(F)F)c2)c1=O. The van der Waals surface area contributed by atoms with Gasteiger partial charge in [0.05, 0.1) is 11.8 Å². The Balaban J connectivity index is 2.12. The first-order valence-electron chi connectivity index (χ1n) is 6.45. The van der Waals surface area contributed by atoms with Crippen molar-refractivity contribution in [3.05, 3.63) is 69.6 Å². The topological polar surface area (TPSA) is 63.5 Å². The number of aromatic nitrogens is 1. The molecule has 1 N–H and O–H groups in total. The average Bonchev–Trinajstić information content (AvgIpc) is 2.49. The molecule has 23 heavy (non-hydrogen) atoms. The highest BCUT2D eigenvalue weighted by molar-refractivity contribution is 5.94. The molecule has 0 saturated heterocycles. The van der Waals surface area contributed by atoms with E-state index in [1.165, 1.54) is 42.1 Å². The maximum absolute atomic E-state index is 12.6. The molecule has 5 nitrogen and oxygen atoms in total. The Labute approximate surface area is 129 Å². The number of benzene rings is 1. The molecule has 0 atom stereocenters. The Hall–Kier alpha value is -2.90. The second kappa shape index (κ2) is 6.47. The summed E-state index contributed by atoms with van der Waals surface area (Å²) in [5.74, 6) is -0.741. The molecule has 1 aromatic carbocycles. The van der Waals surface area contributed by atoms with E-state index in [4.69, 9.17) is 0 Å². The molecule has 8 heteroatoms. The van der Waals surface area contributed by atoms with E-state index in [-0.39, 0.29) is 11.1 Å². The zero-order chi connectivity index (χ0) is 17.0. The molecule has 0 unspecified atom stereocenters. The van der Waals surface area contributed by atoms with Gasteiger partial charge in [0.25, 0.3) is 11.5 Å². The van der Waals surface area contributed by atoms with Gasteiger partial charge < -0.3 is 4.57 Å². The van der Waals surface area contributed by atoms with Crippen LogP contribution in [0, 0.1) is 0 Å². The van der Waals surface area contributed by atoms with Gasteiger partial charge in [-0.2, -0.15) is 18.3 Å². The number of halogens is 3. The minimum Gasteiger partial charge on any atom is -0.318 e. The summed E-state index contributed by atoms with van der Waals surface area (Å²) >= 11 is 0. The van der Waals surface area contributed by atoms with Crippen LogP contribution in [0.25, 0.3) is 0 Å². The number of alkyl halides is 3. The van der Waals surface area contributed by atoms with Crippen LogP contribution in [0.3, 0.4) is 0 Å². The number of nitrogens with one attached hydrogen (secondary N) is 1. The van der Waals surface area contributed by atoms with Gasteiger partial charge in [0, 0.05) is 13.2 Å². The Morgan fingerprint density at radius 1 is 1.26 bits per heavy atom. The standard InChI is InChI=1S/C15H12F3N3O2/c1-21-7-3-6-12(14(21)23)13(22)20-19-9-10-4-2-5-11(8-10)15(16,17)18/h2-9H,1H3,(H,20,22)/b19-9-. The lowest BCUT2D eigenvalue weighted by atomic mass is 10.1. The second-order valence-corrected chi connectivity index (χ2v) is 4.66. The van der Waals surface area contributed by atoms with Crippen LogP contribution in [0.1, 0.15) is 21.5 Å². The summed E-state index contributed by atoms with van der Waals surface area (Å²) in [6.07, 6.45) is -1.89. The van der Waals surface area contributed by atoms with Gasteiger partial charge in [-0.05, 0) is 29.8 Å². The second-order valence-electron chi connectivity index (χ2n) is 4.66. The largest absolute Gasteiger partial charge is 0.416 e. The number of hydrogen-bond acceptors (Lipinski definition) is 3. The lowest BCUT2D eigenvalue weighted by Crippen LogP contribution is -2.29. The number of amides is 1. The van der Waals surface area contributed by atoms with Crippen LogP contribution in [-0.4, -0.2) is 16.7 Å². The number of pyridine rings is 1. The zero-order valence-electron chi connectivity index (χ0n) is 12.0. The third-order valence-electron chi connectivity index (χ3n) is 2.96. The molecule has 1 amide bonds. The van der Waals surface area contributed by atoms with Gasteiger partial charge >= 0.3 is 6.18 Å². The first-order chi connectivity index (χ1) is 10.8. The fourth-order valence-electron chi connectivity index (χ4n) is 1.79. The maximum atomic E-state index is 12.6. The van der Waals surface area contributed by atoms with Crippen molar-refractivity contribution in [3.63, 3.8) is 0 Å². The third-order valence-corrected chi connectivity index (χ3v) is 2.96. The molecule has 2 rings (SSSR count). The van der Waals surface area contributed by atoms with E-state index < -0.39 is 23.2 Å². The summed E-state index contributed by atoms with van der Waals surface area (Å²) in [5.41, 5.74) is 0.847. The van der Waals surface area contributed by atoms with E-state index in [0.29, 0.717) is 0 Å². The van der Waals surface area contributed by atoms with Gasteiger partial charge in [0.1, 0.15) is 5.56 Å². The number of carbonyl (C=O) groups is 1. The van der Waals surface area contributed by atoms with Crippen LogP contribution in [0.4, 0.5) is 13.2 Å². The van der Waals surface area contributed by atoms with Crippen molar-refractivity contribution < 1.29 is 18.0 Å². The molecule has 0 bridgehead atoms. The molecular formula is C15H12F3N3O2. The van der Waals surface area contributed by atoms with Crippen LogP contribution in [0.2, 0.25) is 0 Å². The minimum atomic E-state index is -4.46. The molecule has 0 spiro atoms. The normalized spacial score (nSPS) is 11.7. The van der Waals surface area contributed by atoms with Crippen molar-refractivity contribution in [3.8, 4) is 0 Å². The van der Waals surface area contributed by atoms with Gasteiger partial charge in [-0.25, -0.2) is 5.43 Å². The summed E-state index contributed by atoms with van der Waals surface area (Å²) in [7, 11) is 1.49. The predicted molar refractivity (Wildman–Crippen MR) is 78.2 cm³/mol. The Kier molecular flexibility index (Phi) is 4.63. The van der Waals surface area contributed by atoms with Crippen molar-refractivity contribution in [2.75, 3.05) is 0 Å². The maximum Gasteiger partial charge on any atom is 0.416 e. The van der Waals surface area contributed by atoms with Crippen LogP contribution in [-0.2, 0) is 13.2 Å². The average molecular weight is 323 g/mol. The Bertz CT molecular complexity index is 810. The lowest BCUT2D eigenvalue weighted by molar-refractivity contribution is -0.137. The monoisotopic (exact) mass is 323 g/mol. The fourth-order valence-corrected chi connectivity index (χ4v) is 1.79. The number of hydrazone groups is 1. The van der Waals surface area contributed by atoms with Crippen molar-refractivity contribution in [1.82, 2.24) is 9.99 Å². The molecule has 120 valence electrons. The van der Waals surface area contributed by atoms with Crippen molar-refractivity contribution in [2.45, 2.75) is 6.18 Å². The first-order valence-corrected chi connectivity index (χ1v) is 6.45. The zero-order valence-corrected chi connectivity index (χ0v) is 12.0. The van der Waals surface area contributed by atoms with Gasteiger partial charge in [-0.3, -0.25) is 9.59 Å². The molecule has 0 radical (unpaired) electrons. The molecule has 2 aromatic rings. The number of rotatable bonds is 3. The highest BCUT2D eigenvalue weighted by atomic mass is 19.4. The van der Waals surface area contributed by atoms with Crippen LogP contribution in [0.5, 0.6) is 0 Å². The van der Waals surface area contributed by atoms with E-state index in [2.05, 4.69) is 10.5 Å². The molecule has 0 aliphatic carbocycles. The molecule has 1 heterocycles. The number of hydrogen-bond donors (Lipinski definition) is 1. The van der Waals surface area contributed by atoms with Crippen LogP contribution >= 0.6 is 0 Å². The first kappa shape index (κ1) is 16.5. The van der Waals surface area contributed by atoms with E-state index in [9.17, 15) is 22.8 Å². The Morgan fingerprint density at radius 2 is 2.00 bits per heavy atom. The van der Waals surface area contributed by atoms with Crippen LogP contribution < -0.4 is 11.0 Å². The third kappa shape index (κ3) is 4.06. The van der Waals surface area contributed by atoms with Crippen molar-refractivity contribution in [1.29, 1.82) is 0 Å². The van der Waals surface area contributed by atoms with Gasteiger partial charge in [0.2, 0.25) is 0 Å². The molecular weight excluding hydrogens is 311 g/mol. The van der Waals surface area contributed by atoms with Crippen molar-refractivity contribution in [2.24, 2.45) is 12.1 Å². The summed E-state index contributed by atoms with van der Waals surface area (Å²) in [6, 6.07) is 7.33. The predicted octanol–water partition coefficient (Wildman–Crippen LogP) is 2.17.